The van der Waals surface area contributed by atoms with Gasteiger partial charge in [0, 0.05) is 23.8 Å². The Morgan fingerprint density at radius 2 is 2.11 bits per heavy atom. The lowest BCUT2D eigenvalue weighted by Gasteiger charge is -2.41. The number of benzene rings is 1. The number of aryl methyl sites for hydroxylation is 1. The van der Waals surface area contributed by atoms with E-state index in [-0.39, 0.29) is 5.54 Å². The van der Waals surface area contributed by atoms with Crippen LogP contribution in [0.3, 0.4) is 0 Å². The fourth-order valence-corrected chi connectivity index (χ4v) is 3.04. The first-order chi connectivity index (χ1) is 8.53. The summed E-state index contributed by atoms with van der Waals surface area (Å²) < 4.78 is 0. The zero-order chi connectivity index (χ0) is 13.2. The number of anilines is 1. The maximum absolute atomic E-state index is 6.44. The van der Waals surface area contributed by atoms with Crippen molar-refractivity contribution in [2.45, 2.75) is 58.0 Å². The first-order valence-corrected chi connectivity index (χ1v) is 7.17. The zero-order valence-electron chi connectivity index (χ0n) is 11.9. The van der Waals surface area contributed by atoms with Crippen LogP contribution in [-0.2, 0) is 6.42 Å². The molecule has 0 aromatic heterocycles. The molecule has 1 aromatic rings. The summed E-state index contributed by atoms with van der Waals surface area (Å²) in [7, 11) is 0. The summed E-state index contributed by atoms with van der Waals surface area (Å²) in [5.74, 6) is 0. The van der Waals surface area contributed by atoms with Crippen LogP contribution in [0, 0.1) is 0 Å². The maximum Gasteiger partial charge on any atom is 0.0401 e. The average molecular weight is 246 g/mol. The topological polar surface area (TPSA) is 29.3 Å². The van der Waals surface area contributed by atoms with Gasteiger partial charge in [-0.15, -0.1) is 0 Å². The summed E-state index contributed by atoms with van der Waals surface area (Å²) in [6, 6.07) is 9.37. The van der Waals surface area contributed by atoms with Crippen molar-refractivity contribution in [3.8, 4) is 0 Å². The van der Waals surface area contributed by atoms with Crippen molar-refractivity contribution < 1.29 is 0 Å². The Morgan fingerprint density at radius 1 is 1.39 bits per heavy atom. The number of para-hydroxylation sites is 1. The van der Waals surface area contributed by atoms with E-state index < -0.39 is 0 Å². The fraction of sp³-hybridized carbons (Fsp3) is 0.625. The second-order valence-electron chi connectivity index (χ2n) is 6.05. The lowest BCUT2D eigenvalue weighted by atomic mass is 9.91. The van der Waals surface area contributed by atoms with Crippen LogP contribution in [0.5, 0.6) is 0 Å². The minimum atomic E-state index is -0.0898. The second-order valence-corrected chi connectivity index (χ2v) is 6.05. The predicted molar refractivity (Wildman–Crippen MR) is 79.1 cm³/mol. The highest BCUT2D eigenvalue weighted by atomic mass is 15.2. The standard InChI is InChI=1S/C16H26N2/c1-4-11-16(3,17)12-18-13(2)9-10-14-7-5-6-8-15(14)18/h5-8,13H,4,9-12,17H2,1-3H3. The Bertz CT molecular complexity index is 398. The van der Waals surface area contributed by atoms with Gasteiger partial charge < -0.3 is 10.6 Å². The summed E-state index contributed by atoms with van der Waals surface area (Å²) in [6.07, 6.45) is 4.66. The normalized spacial score (nSPS) is 22.4. The molecule has 1 heterocycles. The first-order valence-electron chi connectivity index (χ1n) is 7.17. The van der Waals surface area contributed by atoms with Crippen molar-refractivity contribution in [3.05, 3.63) is 29.8 Å². The molecular formula is C16H26N2. The summed E-state index contributed by atoms with van der Waals surface area (Å²) in [4.78, 5) is 2.51. The van der Waals surface area contributed by atoms with Gasteiger partial charge in [-0.05, 0) is 44.7 Å². The molecule has 1 aliphatic heterocycles. The summed E-state index contributed by atoms with van der Waals surface area (Å²) in [5.41, 5.74) is 9.21. The van der Waals surface area contributed by atoms with Crippen LogP contribution < -0.4 is 10.6 Å². The van der Waals surface area contributed by atoms with Gasteiger partial charge in [-0.2, -0.15) is 0 Å². The molecule has 2 unspecified atom stereocenters. The lowest BCUT2D eigenvalue weighted by Crippen LogP contribution is -2.51. The number of nitrogens with two attached hydrogens (primary N) is 1. The molecule has 0 bridgehead atoms. The van der Waals surface area contributed by atoms with Crippen molar-refractivity contribution in [2.75, 3.05) is 11.4 Å². The van der Waals surface area contributed by atoms with E-state index >= 15 is 0 Å². The molecule has 0 saturated carbocycles. The van der Waals surface area contributed by atoms with E-state index in [1.165, 1.54) is 24.1 Å². The van der Waals surface area contributed by atoms with Crippen molar-refractivity contribution in [1.82, 2.24) is 0 Å². The number of hydrogen-bond acceptors (Lipinski definition) is 2. The molecule has 100 valence electrons. The van der Waals surface area contributed by atoms with Gasteiger partial charge in [-0.1, -0.05) is 31.5 Å². The van der Waals surface area contributed by atoms with E-state index in [0.717, 1.165) is 19.4 Å². The van der Waals surface area contributed by atoms with Crippen LogP contribution in [0.15, 0.2) is 24.3 Å². The first kappa shape index (κ1) is 13.4. The van der Waals surface area contributed by atoms with Crippen LogP contribution in [0.4, 0.5) is 5.69 Å². The van der Waals surface area contributed by atoms with E-state index in [2.05, 4.69) is 49.9 Å². The summed E-state index contributed by atoms with van der Waals surface area (Å²) >= 11 is 0. The van der Waals surface area contributed by atoms with Gasteiger partial charge in [0.05, 0.1) is 0 Å². The molecule has 0 amide bonds. The SMILES string of the molecule is CCCC(C)(N)CN1c2ccccc2CCC1C. The van der Waals surface area contributed by atoms with Gasteiger partial charge in [-0.3, -0.25) is 0 Å². The van der Waals surface area contributed by atoms with Crippen molar-refractivity contribution in [1.29, 1.82) is 0 Å². The largest absolute Gasteiger partial charge is 0.367 e. The highest BCUT2D eigenvalue weighted by molar-refractivity contribution is 5.56. The molecule has 18 heavy (non-hydrogen) atoms. The zero-order valence-corrected chi connectivity index (χ0v) is 11.9. The van der Waals surface area contributed by atoms with Gasteiger partial charge in [0.25, 0.3) is 0 Å². The van der Waals surface area contributed by atoms with Gasteiger partial charge >= 0.3 is 0 Å². The number of nitrogens with zero attached hydrogens (tertiary/aromatic N) is 1. The van der Waals surface area contributed by atoms with Gasteiger partial charge in [0.2, 0.25) is 0 Å². The van der Waals surface area contributed by atoms with E-state index in [1.807, 2.05) is 0 Å². The van der Waals surface area contributed by atoms with E-state index in [1.54, 1.807) is 0 Å². The smallest absolute Gasteiger partial charge is 0.0401 e. The summed E-state index contributed by atoms with van der Waals surface area (Å²) in [6.45, 7) is 7.66. The molecule has 0 radical (unpaired) electrons. The molecule has 2 nitrogen and oxygen atoms in total. The minimum Gasteiger partial charge on any atom is -0.367 e. The molecule has 2 rings (SSSR count). The Kier molecular flexibility index (Phi) is 3.96. The summed E-state index contributed by atoms with van der Waals surface area (Å²) in [5, 5.41) is 0. The third kappa shape index (κ3) is 2.86. The molecule has 2 atom stereocenters. The van der Waals surface area contributed by atoms with Crippen LogP contribution >= 0.6 is 0 Å². The molecule has 0 fully saturated rings. The van der Waals surface area contributed by atoms with E-state index in [0.29, 0.717) is 6.04 Å². The van der Waals surface area contributed by atoms with Crippen LogP contribution in [0.2, 0.25) is 0 Å². The Balaban J connectivity index is 2.21. The number of hydrogen-bond donors (Lipinski definition) is 1. The number of rotatable bonds is 4. The van der Waals surface area contributed by atoms with Crippen molar-refractivity contribution >= 4 is 5.69 Å². The van der Waals surface area contributed by atoms with Crippen molar-refractivity contribution in [3.63, 3.8) is 0 Å². The monoisotopic (exact) mass is 246 g/mol. The minimum absolute atomic E-state index is 0.0898. The Labute approximate surface area is 111 Å². The highest BCUT2D eigenvalue weighted by Gasteiger charge is 2.28. The molecule has 1 aromatic carbocycles. The Hall–Kier alpha value is -1.02. The van der Waals surface area contributed by atoms with Crippen molar-refractivity contribution in [2.24, 2.45) is 5.73 Å². The Morgan fingerprint density at radius 3 is 2.83 bits per heavy atom. The molecule has 0 saturated heterocycles. The van der Waals surface area contributed by atoms with E-state index in [4.69, 9.17) is 5.73 Å². The predicted octanol–water partition coefficient (Wildman–Crippen LogP) is 3.35. The van der Waals surface area contributed by atoms with Gasteiger partial charge in [0.1, 0.15) is 0 Å². The maximum atomic E-state index is 6.44. The average Bonchev–Trinajstić information content (AvgIpc) is 2.33. The molecular weight excluding hydrogens is 220 g/mol. The molecule has 1 aliphatic rings. The van der Waals surface area contributed by atoms with Crippen LogP contribution in [0.1, 0.15) is 45.6 Å². The third-order valence-electron chi connectivity index (χ3n) is 4.02. The molecule has 0 spiro atoms. The van der Waals surface area contributed by atoms with Crippen LogP contribution in [0.25, 0.3) is 0 Å². The molecule has 0 aliphatic carbocycles. The fourth-order valence-electron chi connectivity index (χ4n) is 3.04. The third-order valence-corrected chi connectivity index (χ3v) is 4.02. The number of fused-ring (bicyclic) bond motifs is 1. The lowest BCUT2D eigenvalue weighted by molar-refractivity contribution is 0.398. The van der Waals surface area contributed by atoms with Gasteiger partial charge in [0.15, 0.2) is 0 Å². The molecule has 2 heteroatoms. The second kappa shape index (κ2) is 5.31. The quantitative estimate of drug-likeness (QED) is 0.883. The molecule has 2 N–H and O–H groups in total. The highest BCUT2D eigenvalue weighted by Crippen LogP contribution is 2.31. The van der Waals surface area contributed by atoms with E-state index in [9.17, 15) is 0 Å². The van der Waals surface area contributed by atoms with Crippen LogP contribution in [-0.4, -0.2) is 18.1 Å². The van der Waals surface area contributed by atoms with Gasteiger partial charge in [-0.25, -0.2) is 0 Å².